The topological polar surface area (TPSA) is 97.7 Å². The van der Waals surface area contributed by atoms with Gasteiger partial charge in [-0.25, -0.2) is 0 Å². The van der Waals surface area contributed by atoms with E-state index in [9.17, 15) is 0 Å². The molecule has 31 heavy (non-hydrogen) atoms. The monoisotopic (exact) mass is 426 g/mol. The van der Waals surface area contributed by atoms with Crippen LogP contribution in [0.15, 0.2) is 16.7 Å². The van der Waals surface area contributed by atoms with E-state index in [4.69, 9.17) is 14.4 Å². The smallest absolute Gasteiger partial charge is 0.229 e. The minimum absolute atomic E-state index is 0.114. The van der Waals surface area contributed by atoms with Crippen LogP contribution in [-0.2, 0) is 16.7 Å². The standard InChI is InChI=1S/C21H30N8O2/c1-21(2,3)20-24-23-17-5-6-18(25-29(17)20)28-11-15(12-28)27(4)13-16-22-19(31-26-16)14-7-9-30-10-8-14/h5-6,14-15H,7-13H2,1-4H3. The van der Waals surface area contributed by atoms with Gasteiger partial charge < -0.3 is 14.2 Å². The van der Waals surface area contributed by atoms with Gasteiger partial charge in [0, 0.05) is 43.7 Å². The first kappa shape index (κ1) is 20.3. The van der Waals surface area contributed by atoms with E-state index in [1.807, 2.05) is 16.6 Å². The number of fused-ring (bicyclic) bond motifs is 1. The van der Waals surface area contributed by atoms with Crippen LogP contribution in [0.3, 0.4) is 0 Å². The highest BCUT2D eigenvalue weighted by Gasteiger charge is 2.32. The Kier molecular flexibility index (Phi) is 5.13. The highest BCUT2D eigenvalue weighted by atomic mass is 16.5. The van der Waals surface area contributed by atoms with Crippen molar-refractivity contribution in [1.29, 1.82) is 0 Å². The maximum absolute atomic E-state index is 5.52. The van der Waals surface area contributed by atoms with E-state index in [0.717, 1.165) is 68.1 Å². The summed E-state index contributed by atoms with van der Waals surface area (Å²) in [6.07, 6.45) is 1.91. The fraction of sp³-hybridized carbons (Fsp3) is 0.667. The van der Waals surface area contributed by atoms with Crippen molar-refractivity contribution < 1.29 is 9.26 Å². The third-order valence-corrected chi connectivity index (χ3v) is 6.17. The molecule has 0 radical (unpaired) electrons. The van der Waals surface area contributed by atoms with Crippen molar-refractivity contribution in [2.45, 2.75) is 57.5 Å². The molecule has 2 fully saturated rings. The number of aromatic nitrogens is 6. The average molecular weight is 427 g/mol. The molecule has 2 aliphatic heterocycles. The zero-order chi connectivity index (χ0) is 21.6. The SMILES string of the molecule is CN(Cc1noc(C2CCOCC2)n1)C1CN(c2ccc3nnc(C(C)(C)C)n3n2)C1. The second-order valence-corrected chi connectivity index (χ2v) is 9.64. The van der Waals surface area contributed by atoms with Gasteiger partial charge >= 0.3 is 0 Å². The molecule has 10 heteroatoms. The Balaban J connectivity index is 1.20. The van der Waals surface area contributed by atoms with Gasteiger partial charge in [-0.2, -0.15) is 9.50 Å². The van der Waals surface area contributed by atoms with Gasteiger partial charge in [0.2, 0.25) is 5.89 Å². The van der Waals surface area contributed by atoms with Crippen LogP contribution in [0.25, 0.3) is 5.65 Å². The van der Waals surface area contributed by atoms with E-state index >= 15 is 0 Å². The van der Waals surface area contributed by atoms with Crippen molar-refractivity contribution in [2.24, 2.45) is 0 Å². The Morgan fingerprint density at radius 1 is 1.13 bits per heavy atom. The van der Waals surface area contributed by atoms with Gasteiger partial charge in [0.1, 0.15) is 5.82 Å². The van der Waals surface area contributed by atoms with Gasteiger partial charge in [-0.15, -0.1) is 15.3 Å². The molecule has 0 unspecified atom stereocenters. The fourth-order valence-electron chi connectivity index (χ4n) is 4.13. The Bertz CT molecular complexity index is 1040. The van der Waals surface area contributed by atoms with Crippen molar-refractivity contribution in [3.8, 4) is 0 Å². The summed E-state index contributed by atoms with van der Waals surface area (Å²) in [4.78, 5) is 9.19. The molecule has 10 nitrogen and oxygen atoms in total. The molecule has 0 saturated carbocycles. The van der Waals surface area contributed by atoms with E-state index < -0.39 is 0 Å². The summed E-state index contributed by atoms with van der Waals surface area (Å²) in [5.41, 5.74) is 0.664. The number of rotatable bonds is 5. The molecule has 2 saturated heterocycles. The van der Waals surface area contributed by atoms with Gasteiger partial charge in [-0.05, 0) is 32.0 Å². The largest absolute Gasteiger partial charge is 0.381 e. The Morgan fingerprint density at radius 2 is 1.90 bits per heavy atom. The molecular weight excluding hydrogens is 396 g/mol. The van der Waals surface area contributed by atoms with Crippen LogP contribution in [0.5, 0.6) is 0 Å². The summed E-state index contributed by atoms with van der Waals surface area (Å²) in [5.74, 6) is 3.65. The summed E-state index contributed by atoms with van der Waals surface area (Å²) >= 11 is 0. The molecular formula is C21H30N8O2. The van der Waals surface area contributed by atoms with Crippen LogP contribution in [-0.4, -0.2) is 74.2 Å². The Morgan fingerprint density at radius 3 is 2.65 bits per heavy atom. The van der Waals surface area contributed by atoms with E-state index in [-0.39, 0.29) is 5.41 Å². The number of likely N-dealkylation sites (N-methyl/N-ethyl adjacent to an activating group) is 1. The van der Waals surface area contributed by atoms with Crippen LogP contribution in [0.4, 0.5) is 5.82 Å². The molecule has 0 amide bonds. The van der Waals surface area contributed by atoms with Crippen LogP contribution in [0, 0.1) is 0 Å². The number of hydrogen-bond acceptors (Lipinski definition) is 9. The minimum atomic E-state index is -0.114. The van der Waals surface area contributed by atoms with Gasteiger partial charge in [-0.1, -0.05) is 25.9 Å². The maximum Gasteiger partial charge on any atom is 0.229 e. The van der Waals surface area contributed by atoms with E-state index in [1.165, 1.54) is 0 Å². The predicted octanol–water partition coefficient (Wildman–Crippen LogP) is 2.02. The summed E-state index contributed by atoms with van der Waals surface area (Å²) < 4.78 is 12.8. The quantitative estimate of drug-likeness (QED) is 0.607. The predicted molar refractivity (Wildman–Crippen MR) is 114 cm³/mol. The molecule has 0 atom stereocenters. The van der Waals surface area contributed by atoms with Crippen molar-refractivity contribution in [2.75, 3.05) is 38.3 Å². The average Bonchev–Trinajstić information content (AvgIpc) is 3.34. The van der Waals surface area contributed by atoms with E-state index in [2.05, 4.69) is 58.0 Å². The van der Waals surface area contributed by atoms with Crippen LogP contribution >= 0.6 is 0 Å². The second kappa shape index (κ2) is 7.83. The molecule has 3 aromatic rings. The number of ether oxygens (including phenoxy) is 1. The molecule has 0 aliphatic carbocycles. The van der Waals surface area contributed by atoms with Crippen molar-refractivity contribution >= 4 is 11.5 Å². The Labute approximate surface area is 181 Å². The molecule has 0 N–H and O–H groups in total. The van der Waals surface area contributed by atoms with E-state index in [1.54, 1.807) is 0 Å². The van der Waals surface area contributed by atoms with Crippen LogP contribution in [0.1, 0.15) is 57.1 Å². The summed E-state index contributed by atoms with van der Waals surface area (Å²) in [6, 6.07) is 4.43. The first-order valence-corrected chi connectivity index (χ1v) is 11.0. The highest BCUT2D eigenvalue weighted by Crippen LogP contribution is 2.27. The van der Waals surface area contributed by atoms with Crippen LogP contribution in [0.2, 0.25) is 0 Å². The summed E-state index contributed by atoms with van der Waals surface area (Å²) in [7, 11) is 2.11. The zero-order valence-electron chi connectivity index (χ0n) is 18.7. The van der Waals surface area contributed by atoms with Crippen molar-refractivity contribution in [3.05, 3.63) is 29.7 Å². The molecule has 3 aromatic heterocycles. The number of hydrogen-bond donors (Lipinski definition) is 0. The maximum atomic E-state index is 5.52. The Hall–Kier alpha value is -2.59. The third kappa shape index (κ3) is 4.01. The second-order valence-electron chi connectivity index (χ2n) is 9.64. The van der Waals surface area contributed by atoms with Crippen molar-refractivity contribution in [1.82, 2.24) is 34.9 Å². The summed E-state index contributed by atoms with van der Waals surface area (Å²) in [6.45, 7) is 10.4. The number of nitrogens with zero attached hydrogens (tertiary/aromatic N) is 8. The lowest BCUT2D eigenvalue weighted by Crippen LogP contribution is -2.58. The lowest BCUT2D eigenvalue weighted by molar-refractivity contribution is 0.0778. The first-order valence-electron chi connectivity index (χ1n) is 11.0. The first-order chi connectivity index (χ1) is 14.9. The lowest BCUT2D eigenvalue weighted by Gasteiger charge is -2.44. The molecule has 5 rings (SSSR count). The van der Waals surface area contributed by atoms with Gasteiger partial charge in [0.25, 0.3) is 0 Å². The van der Waals surface area contributed by atoms with E-state index in [0.29, 0.717) is 18.5 Å². The molecule has 166 valence electrons. The molecule has 5 heterocycles. The molecule has 0 spiro atoms. The number of anilines is 1. The van der Waals surface area contributed by atoms with Crippen LogP contribution < -0.4 is 4.90 Å². The van der Waals surface area contributed by atoms with Gasteiger partial charge in [-0.3, -0.25) is 4.90 Å². The minimum Gasteiger partial charge on any atom is -0.381 e. The fourth-order valence-corrected chi connectivity index (χ4v) is 4.13. The zero-order valence-corrected chi connectivity index (χ0v) is 18.7. The normalized spacial score (nSPS) is 18.8. The highest BCUT2D eigenvalue weighted by molar-refractivity contribution is 5.48. The lowest BCUT2D eigenvalue weighted by atomic mass is 9.96. The van der Waals surface area contributed by atoms with Gasteiger partial charge in [0.05, 0.1) is 6.54 Å². The summed E-state index contributed by atoms with van der Waals surface area (Å²) in [5, 5.41) is 17.6. The molecule has 0 aromatic carbocycles. The molecule has 2 aliphatic rings. The van der Waals surface area contributed by atoms with Crippen molar-refractivity contribution in [3.63, 3.8) is 0 Å². The van der Waals surface area contributed by atoms with Gasteiger partial charge in [0.15, 0.2) is 17.3 Å². The third-order valence-electron chi connectivity index (χ3n) is 6.17. The molecule has 0 bridgehead atoms.